The van der Waals surface area contributed by atoms with E-state index in [4.69, 9.17) is 4.98 Å². The Bertz CT molecular complexity index is 1420. The maximum atomic E-state index is 5.12. The topological polar surface area (TPSA) is 66.8 Å². The third-order valence-electron chi connectivity index (χ3n) is 6.04. The van der Waals surface area contributed by atoms with Gasteiger partial charge in [-0.1, -0.05) is 54.6 Å². The van der Waals surface area contributed by atoms with Crippen molar-refractivity contribution < 1.29 is 0 Å². The third-order valence-corrected chi connectivity index (χ3v) is 6.04. The van der Waals surface area contributed by atoms with E-state index in [-0.39, 0.29) is 0 Å². The number of fused-ring (bicyclic) bond motifs is 1. The number of H-pyrrole nitrogens is 1. The highest BCUT2D eigenvalue weighted by Crippen LogP contribution is 2.36. The second-order valence-electron chi connectivity index (χ2n) is 8.49. The third kappa shape index (κ3) is 4.05. The van der Waals surface area contributed by atoms with Gasteiger partial charge in [-0.2, -0.15) is 5.10 Å². The molecule has 3 aromatic heterocycles. The summed E-state index contributed by atoms with van der Waals surface area (Å²) in [7, 11) is 0. The fourth-order valence-corrected chi connectivity index (χ4v) is 4.08. The zero-order valence-corrected chi connectivity index (χ0v) is 18.1. The molecule has 0 aliphatic heterocycles. The molecule has 0 atom stereocenters. The Morgan fingerprint density at radius 3 is 2.52 bits per heavy atom. The van der Waals surface area contributed by atoms with Gasteiger partial charge in [0.05, 0.1) is 29.6 Å². The number of nitrogens with zero attached hydrogens (tertiary/aromatic N) is 4. The number of hydrogen-bond acceptors (Lipinski definition) is 4. The molecule has 1 aliphatic carbocycles. The van der Waals surface area contributed by atoms with Crippen LogP contribution < -0.4 is 0 Å². The Labute approximate surface area is 192 Å². The van der Waals surface area contributed by atoms with Crippen molar-refractivity contribution in [2.24, 2.45) is 10.9 Å². The van der Waals surface area contributed by atoms with E-state index in [1.807, 2.05) is 24.5 Å². The highest BCUT2D eigenvalue weighted by Gasteiger charge is 2.18. The number of aromatic nitrogens is 4. The van der Waals surface area contributed by atoms with Gasteiger partial charge in [0, 0.05) is 40.7 Å². The Balaban J connectivity index is 1.46. The monoisotopic (exact) mass is 429 g/mol. The van der Waals surface area contributed by atoms with Crippen molar-refractivity contribution in [3.63, 3.8) is 0 Å². The van der Waals surface area contributed by atoms with Crippen LogP contribution in [0.2, 0.25) is 0 Å². The largest absolute Gasteiger partial charge is 0.292 e. The molecule has 1 N–H and O–H groups in total. The predicted octanol–water partition coefficient (Wildman–Crippen LogP) is 6.33. The minimum atomic E-state index is 0.709. The molecule has 0 saturated heterocycles. The molecule has 0 spiro atoms. The summed E-state index contributed by atoms with van der Waals surface area (Å²) in [5.41, 5.74) is 8.21. The van der Waals surface area contributed by atoms with Crippen molar-refractivity contribution in [2.45, 2.75) is 19.4 Å². The van der Waals surface area contributed by atoms with Crippen LogP contribution in [0.3, 0.4) is 0 Å². The summed E-state index contributed by atoms with van der Waals surface area (Å²) in [5, 5.41) is 7.99. The molecule has 160 valence electrons. The van der Waals surface area contributed by atoms with Crippen LogP contribution in [0.1, 0.15) is 18.4 Å². The lowest BCUT2D eigenvalue weighted by molar-refractivity contribution is 1.05. The molecule has 5 heteroatoms. The van der Waals surface area contributed by atoms with E-state index >= 15 is 0 Å². The zero-order chi connectivity index (χ0) is 22.0. The Morgan fingerprint density at radius 2 is 1.76 bits per heavy atom. The highest BCUT2D eigenvalue weighted by molar-refractivity contribution is 5.98. The van der Waals surface area contributed by atoms with E-state index in [0.717, 1.165) is 51.1 Å². The van der Waals surface area contributed by atoms with E-state index in [2.05, 4.69) is 81.0 Å². The molecule has 2 aromatic carbocycles. The van der Waals surface area contributed by atoms with Gasteiger partial charge < -0.3 is 0 Å². The highest BCUT2D eigenvalue weighted by atomic mass is 15.1. The fourth-order valence-electron chi connectivity index (χ4n) is 4.08. The van der Waals surface area contributed by atoms with Gasteiger partial charge in [-0.3, -0.25) is 15.1 Å². The molecule has 3 heterocycles. The first-order valence-electron chi connectivity index (χ1n) is 11.3. The fraction of sp³-hybridized carbons (Fsp3) is 0.143. The van der Waals surface area contributed by atoms with Crippen molar-refractivity contribution in [1.82, 2.24) is 20.2 Å². The van der Waals surface area contributed by atoms with E-state index in [9.17, 15) is 0 Å². The van der Waals surface area contributed by atoms with Crippen LogP contribution in [0, 0.1) is 5.92 Å². The average molecular weight is 430 g/mol. The van der Waals surface area contributed by atoms with Gasteiger partial charge in [0.25, 0.3) is 0 Å². The molecule has 0 radical (unpaired) electrons. The predicted molar refractivity (Wildman–Crippen MR) is 133 cm³/mol. The van der Waals surface area contributed by atoms with Gasteiger partial charge >= 0.3 is 0 Å². The van der Waals surface area contributed by atoms with Crippen molar-refractivity contribution in [1.29, 1.82) is 0 Å². The van der Waals surface area contributed by atoms with Crippen LogP contribution in [0.5, 0.6) is 0 Å². The second kappa shape index (κ2) is 8.43. The molecule has 1 saturated carbocycles. The first-order chi connectivity index (χ1) is 16.3. The number of aliphatic imine (C=N–C) groups is 1. The Kier molecular flexibility index (Phi) is 5.00. The maximum absolute atomic E-state index is 5.12. The van der Waals surface area contributed by atoms with Crippen LogP contribution in [-0.2, 0) is 6.54 Å². The second-order valence-corrected chi connectivity index (χ2v) is 8.49. The Morgan fingerprint density at radius 1 is 0.909 bits per heavy atom. The lowest BCUT2D eigenvalue weighted by atomic mass is 9.96. The summed E-state index contributed by atoms with van der Waals surface area (Å²) in [6, 6.07) is 23.2. The van der Waals surface area contributed by atoms with Gasteiger partial charge in [-0.15, -0.1) is 0 Å². The molecule has 0 unspecified atom stereocenters. The van der Waals surface area contributed by atoms with Crippen molar-refractivity contribution in [2.75, 3.05) is 0 Å². The smallest absolute Gasteiger partial charge is 0.0827 e. The van der Waals surface area contributed by atoms with Gasteiger partial charge in [-0.25, -0.2) is 4.98 Å². The first-order valence-corrected chi connectivity index (χ1v) is 11.3. The van der Waals surface area contributed by atoms with Crippen molar-refractivity contribution >= 4 is 17.1 Å². The van der Waals surface area contributed by atoms with Crippen LogP contribution in [-0.4, -0.2) is 26.4 Å². The van der Waals surface area contributed by atoms with Gasteiger partial charge in [0.15, 0.2) is 0 Å². The Hall–Kier alpha value is -4.12. The van der Waals surface area contributed by atoms with Crippen LogP contribution in [0.15, 0.2) is 90.3 Å². The minimum Gasteiger partial charge on any atom is -0.292 e. The van der Waals surface area contributed by atoms with Gasteiger partial charge in [-0.05, 0) is 42.0 Å². The first kappa shape index (κ1) is 19.6. The average Bonchev–Trinajstić information content (AvgIpc) is 3.53. The molecule has 5 nitrogen and oxygen atoms in total. The molecule has 33 heavy (non-hydrogen) atoms. The van der Waals surface area contributed by atoms with Crippen LogP contribution in [0.4, 0.5) is 0 Å². The molecular formula is C28H23N5. The number of rotatable bonds is 6. The number of nitrogens with one attached hydrogen (secondary N) is 1. The van der Waals surface area contributed by atoms with E-state index in [0.29, 0.717) is 5.92 Å². The molecule has 1 fully saturated rings. The minimum absolute atomic E-state index is 0.709. The standard InChI is InChI=1S/C28H23N5/c1-2-4-21(5-3-1)24-14-25-26(12-13-30-27(25)23-17-31-32-18-23)33-28(24)22-10-8-20(9-11-22)16-29-15-19-6-7-19/h1-5,8-15,17-19H,6-7,16H2,(H,31,32)/b29-15+. The summed E-state index contributed by atoms with van der Waals surface area (Å²) in [6.45, 7) is 0.729. The zero-order valence-electron chi connectivity index (χ0n) is 18.1. The van der Waals surface area contributed by atoms with Gasteiger partial charge in [0.1, 0.15) is 0 Å². The SMILES string of the molecule is C(=N\Cc1ccc(-c2nc3ccnc(-c4cn[nH]c4)c3cc2-c2ccccc2)cc1)/C1CC1. The van der Waals surface area contributed by atoms with E-state index < -0.39 is 0 Å². The number of pyridine rings is 2. The van der Waals surface area contributed by atoms with E-state index in [1.54, 1.807) is 6.20 Å². The van der Waals surface area contributed by atoms with Crippen LogP contribution in [0.25, 0.3) is 44.5 Å². The number of aromatic amines is 1. The maximum Gasteiger partial charge on any atom is 0.0827 e. The molecular weight excluding hydrogens is 406 g/mol. The number of hydrogen-bond donors (Lipinski definition) is 1. The summed E-state index contributed by atoms with van der Waals surface area (Å²) in [6.07, 6.45) is 10.2. The van der Waals surface area contributed by atoms with E-state index in [1.165, 1.54) is 18.4 Å². The summed E-state index contributed by atoms with van der Waals surface area (Å²) < 4.78 is 0. The molecule has 1 aliphatic rings. The summed E-state index contributed by atoms with van der Waals surface area (Å²) in [4.78, 5) is 14.3. The molecule has 0 amide bonds. The normalized spacial score (nSPS) is 13.7. The molecule has 6 rings (SSSR count). The molecule has 0 bridgehead atoms. The van der Waals surface area contributed by atoms with Gasteiger partial charge in [0.2, 0.25) is 0 Å². The lowest BCUT2D eigenvalue weighted by Crippen LogP contribution is -1.94. The van der Waals surface area contributed by atoms with Crippen molar-refractivity contribution in [3.8, 4) is 33.6 Å². The quantitative estimate of drug-likeness (QED) is 0.321. The molecule has 5 aromatic rings. The van der Waals surface area contributed by atoms with Crippen LogP contribution >= 0.6 is 0 Å². The van der Waals surface area contributed by atoms with Crippen molar-refractivity contribution in [3.05, 3.63) is 90.9 Å². The number of benzene rings is 2. The summed E-state index contributed by atoms with van der Waals surface area (Å²) >= 11 is 0. The lowest BCUT2D eigenvalue weighted by Gasteiger charge is -2.13. The summed E-state index contributed by atoms with van der Waals surface area (Å²) in [5.74, 6) is 0.709.